The van der Waals surface area contributed by atoms with Gasteiger partial charge in [0, 0.05) is 6.20 Å². The van der Waals surface area contributed by atoms with Crippen molar-refractivity contribution in [2.45, 2.75) is 39.0 Å². The van der Waals surface area contributed by atoms with Gasteiger partial charge in [-0.05, 0) is 37.8 Å². The summed E-state index contributed by atoms with van der Waals surface area (Å²) in [6.07, 6.45) is 6.42. The first-order valence-corrected chi connectivity index (χ1v) is 7.05. The first kappa shape index (κ1) is 14.5. The van der Waals surface area contributed by atoms with E-state index in [1.807, 2.05) is 0 Å². The summed E-state index contributed by atoms with van der Waals surface area (Å²) in [5, 5.41) is 12.1. The molecule has 1 atom stereocenters. The second kappa shape index (κ2) is 6.50. The van der Waals surface area contributed by atoms with Gasteiger partial charge >= 0.3 is 5.97 Å². The molecule has 1 aromatic heterocycles. The summed E-state index contributed by atoms with van der Waals surface area (Å²) in [5.74, 6) is -2.48. The maximum Gasteiger partial charge on any atom is 0.316 e. The standard InChI is InChI=1S/C15H20N2O3/c1-10-12(8-5-9-16-10)17-14(18)13(15(19)20)11-6-3-2-4-7-11/h5,8-9,11,13H,2-4,6-7H2,1H3,(H,17,18)(H,19,20). The Balaban J connectivity index is 2.11. The Morgan fingerprint density at radius 1 is 1.35 bits per heavy atom. The lowest BCUT2D eigenvalue weighted by Crippen LogP contribution is -2.36. The van der Waals surface area contributed by atoms with Gasteiger partial charge in [0.1, 0.15) is 5.92 Å². The van der Waals surface area contributed by atoms with Crippen LogP contribution in [0.1, 0.15) is 37.8 Å². The zero-order valence-corrected chi connectivity index (χ0v) is 11.6. The molecule has 5 heteroatoms. The molecule has 108 valence electrons. The fraction of sp³-hybridized carbons (Fsp3) is 0.533. The van der Waals surface area contributed by atoms with E-state index in [9.17, 15) is 14.7 Å². The van der Waals surface area contributed by atoms with Crippen molar-refractivity contribution in [1.82, 2.24) is 4.98 Å². The van der Waals surface area contributed by atoms with E-state index in [0.29, 0.717) is 11.4 Å². The van der Waals surface area contributed by atoms with Crippen LogP contribution in [0.15, 0.2) is 18.3 Å². The van der Waals surface area contributed by atoms with Gasteiger partial charge in [0.25, 0.3) is 0 Å². The summed E-state index contributed by atoms with van der Waals surface area (Å²) in [6.45, 7) is 1.78. The molecule has 2 N–H and O–H groups in total. The highest BCUT2D eigenvalue weighted by atomic mass is 16.4. The molecule has 0 spiro atoms. The molecule has 20 heavy (non-hydrogen) atoms. The van der Waals surface area contributed by atoms with Crippen LogP contribution in [0, 0.1) is 18.8 Å². The van der Waals surface area contributed by atoms with Crippen LogP contribution in [-0.4, -0.2) is 22.0 Å². The van der Waals surface area contributed by atoms with Gasteiger partial charge in [0.05, 0.1) is 11.4 Å². The molecule has 0 saturated heterocycles. The minimum Gasteiger partial charge on any atom is -0.481 e. The molecule has 1 unspecified atom stereocenters. The maximum absolute atomic E-state index is 12.3. The zero-order chi connectivity index (χ0) is 14.5. The van der Waals surface area contributed by atoms with Gasteiger partial charge in [-0.1, -0.05) is 19.3 Å². The lowest BCUT2D eigenvalue weighted by Gasteiger charge is -2.26. The Morgan fingerprint density at radius 2 is 2.05 bits per heavy atom. The van der Waals surface area contributed by atoms with Gasteiger partial charge in [0.15, 0.2) is 0 Å². The van der Waals surface area contributed by atoms with Gasteiger partial charge in [-0.3, -0.25) is 14.6 Å². The molecule has 1 aliphatic rings. The first-order chi connectivity index (χ1) is 9.59. The summed E-state index contributed by atoms with van der Waals surface area (Å²) >= 11 is 0. The molecule has 0 bridgehead atoms. The van der Waals surface area contributed by atoms with Crippen molar-refractivity contribution in [2.75, 3.05) is 5.32 Å². The van der Waals surface area contributed by atoms with E-state index in [4.69, 9.17) is 0 Å². The van der Waals surface area contributed by atoms with Gasteiger partial charge in [-0.15, -0.1) is 0 Å². The fourth-order valence-corrected chi connectivity index (χ4v) is 2.82. The average molecular weight is 276 g/mol. The highest BCUT2D eigenvalue weighted by Crippen LogP contribution is 2.31. The number of hydrogen-bond donors (Lipinski definition) is 2. The minimum absolute atomic E-state index is 0.0572. The molecule has 5 nitrogen and oxygen atoms in total. The number of carbonyl (C=O) groups excluding carboxylic acids is 1. The van der Waals surface area contributed by atoms with Crippen molar-refractivity contribution in [1.29, 1.82) is 0 Å². The second-order valence-corrected chi connectivity index (χ2v) is 5.34. The molecule has 1 aliphatic carbocycles. The summed E-state index contributed by atoms with van der Waals surface area (Å²) < 4.78 is 0. The van der Waals surface area contributed by atoms with Crippen LogP contribution in [0.4, 0.5) is 5.69 Å². The van der Waals surface area contributed by atoms with Crippen LogP contribution in [0.2, 0.25) is 0 Å². The number of aromatic nitrogens is 1. The van der Waals surface area contributed by atoms with Crippen molar-refractivity contribution in [3.05, 3.63) is 24.0 Å². The normalized spacial score (nSPS) is 17.4. The van der Waals surface area contributed by atoms with Crippen LogP contribution in [-0.2, 0) is 9.59 Å². The maximum atomic E-state index is 12.3. The number of carbonyl (C=O) groups is 2. The highest BCUT2D eigenvalue weighted by Gasteiger charge is 2.35. The van der Waals surface area contributed by atoms with E-state index < -0.39 is 17.8 Å². The number of nitrogens with one attached hydrogen (secondary N) is 1. The van der Waals surface area contributed by atoms with Crippen LogP contribution in [0.25, 0.3) is 0 Å². The van der Waals surface area contributed by atoms with Crippen molar-refractivity contribution in [2.24, 2.45) is 11.8 Å². The molecule has 0 radical (unpaired) electrons. The lowest BCUT2D eigenvalue weighted by atomic mass is 9.79. The number of hydrogen-bond acceptors (Lipinski definition) is 3. The summed E-state index contributed by atoms with van der Waals surface area (Å²) in [5.41, 5.74) is 1.27. The van der Waals surface area contributed by atoms with E-state index in [-0.39, 0.29) is 5.92 Å². The highest BCUT2D eigenvalue weighted by molar-refractivity contribution is 6.04. The Labute approximate surface area is 118 Å². The number of rotatable bonds is 4. The van der Waals surface area contributed by atoms with Crippen molar-refractivity contribution in [3.8, 4) is 0 Å². The van der Waals surface area contributed by atoms with E-state index in [1.54, 1.807) is 25.3 Å². The average Bonchev–Trinajstić information content (AvgIpc) is 2.42. The SMILES string of the molecule is Cc1ncccc1NC(=O)C(C(=O)O)C1CCCCC1. The number of aliphatic carboxylic acids is 1. The third-order valence-corrected chi connectivity index (χ3v) is 3.93. The van der Waals surface area contributed by atoms with Gasteiger partial charge in [-0.2, -0.15) is 0 Å². The molecule has 1 aromatic rings. The molecule has 1 amide bonds. The van der Waals surface area contributed by atoms with Crippen molar-refractivity contribution in [3.63, 3.8) is 0 Å². The second-order valence-electron chi connectivity index (χ2n) is 5.34. The number of pyridine rings is 1. The van der Waals surface area contributed by atoms with E-state index >= 15 is 0 Å². The summed E-state index contributed by atoms with van der Waals surface area (Å²) in [6, 6.07) is 3.46. The largest absolute Gasteiger partial charge is 0.481 e. The Hall–Kier alpha value is -1.91. The van der Waals surface area contributed by atoms with Gasteiger partial charge in [-0.25, -0.2) is 0 Å². The molecule has 0 aliphatic heterocycles. The van der Waals surface area contributed by atoms with Crippen LogP contribution >= 0.6 is 0 Å². The number of nitrogens with zero attached hydrogens (tertiary/aromatic N) is 1. The fourth-order valence-electron chi connectivity index (χ4n) is 2.82. The Bertz CT molecular complexity index is 496. The number of aryl methyl sites for hydroxylation is 1. The van der Waals surface area contributed by atoms with Crippen LogP contribution in [0.5, 0.6) is 0 Å². The smallest absolute Gasteiger partial charge is 0.316 e. The van der Waals surface area contributed by atoms with Crippen LogP contribution < -0.4 is 5.32 Å². The molecule has 1 saturated carbocycles. The third-order valence-electron chi connectivity index (χ3n) is 3.93. The molecule has 0 aromatic carbocycles. The molecule has 2 rings (SSSR count). The number of amides is 1. The van der Waals surface area contributed by atoms with E-state index in [1.165, 1.54) is 0 Å². The number of anilines is 1. The molecular weight excluding hydrogens is 256 g/mol. The predicted octanol–water partition coefficient (Wildman–Crippen LogP) is 2.61. The number of carboxylic acids is 1. The third kappa shape index (κ3) is 3.35. The van der Waals surface area contributed by atoms with Gasteiger partial charge in [0.2, 0.25) is 5.91 Å². The predicted molar refractivity (Wildman–Crippen MR) is 75.3 cm³/mol. The minimum atomic E-state index is -1.03. The summed E-state index contributed by atoms with van der Waals surface area (Å²) in [4.78, 5) is 27.8. The van der Waals surface area contributed by atoms with E-state index in [2.05, 4.69) is 10.3 Å². The molecular formula is C15H20N2O3. The Morgan fingerprint density at radius 3 is 2.65 bits per heavy atom. The number of carboxylic acid groups (broad SMARTS) is 1. The van der Waals surface area contributed by atoms with Gasteiger partial charge < -0.3 is 10.4 Å². The monoisotopic (exact) mass is 276 g/mol. The zero-order valence-electron chi connectivity index (χ0n) is 11.6. The van der Waals surface area contributed by atoms with Crippen molar-refractivity contribution >= 4 is 17.6 Å². The molecule has 1 heterocycles. The Kier molecular flexibility index (Phi) is 4.71. The van der Waals surface area contributed by atoms with Crippen molar-refractivity contribution < 1.29 is 14.7 Å². The lowest BCUT2D eigenvalue weighted by molar-refractivity contribution is -0.148. The quantitative estimate of drug-likeness (QED) is 0.828. The molecule has 1 fully saturated rings. The van der Waals surface area contributed by atoms with Crippen LogP contribution in [0.3, 0.4) is 0 Å². The first-order valence-electron chi connectivity index (χ1n) is 7.05. The topological polar surface area (TPSA) is 79.3 Å². The summed E-state index contributed by atoms with van der Waals surface area (Å²) in [7, 11) is 0. The van der Waals surface area contributed by atoms with E-state index in [0.717, 1.165) is 32.1 Å².